The number of ether oxygens (including phenoxy) is 1. The van der Waals surface area contributed by atoms with Crippen molar-refractivity contribution in [2.45, 2.75) is 6.92 Å². The Morgan fingerprint density at radius 1 is 0.950 bits per heavy atom. The zero-order valence-electron chi connectivity index (χ0n) is 10.9. The van der Waals surface area contributed by atoms with E-state index in [0.29, 0.717) is 6.07 Å². The van der Waals surface area contributed by atoms with Crippen LogP contribution in [0, 0.1) is 30.2 Å². The van der Waals surface area contributed by atoms with E-state index in [1.807, 2.05) is 0 Å². The summed E-state index contributed by atoms with van der Waals surface area (Å²) in [6, 6.07) is 4.15. The van der Waals surface area contributed by atoms with Crippen molar-refractivity contribution >= 4 is 18.2 Å². The second-order valence-corrected chi connectivity index (χ2v) is 4.41. The SMILES string of the molecule is COc1ccc(F)c(Bc2cc(C)c(F)cc2F)c1F. The van der Waals surface area contributed by atoms with Gasteiger partial charge in [-0.3, -0.25) is 0 Å². The molecule has 0 aliphatic carbocycles. The van der Waals surface area contributed by atoms with E-state index in [1.165, 1.54) is 20.1 Å². The number of methoxy groups -OCH3 is 1. The van der Waals surface area contributed by atoms with Gasteiger partial charge in [0.05, 0.1) is 7.11 Å². The standard InChI is InChI=1S/C14H11BF4O/c1-7-5-8(11(18)6-10(7)17)15-13-9(16)3-4-12(20-2)14(13)19/h3-6,15H,1-2H3. The molecule has 0 aromatic heterocycles. The van der Waals surface area contributed by atoms with Crippen molar-refractivity contribution in [2.75, 3.05) is 7.11 Å². The molecule has 2 rings (SSSR count). The van der Waals surface area contributed by atoms with Crippen LogP contribution in [0.5, 0.6) is 5.75 Å². The molecule has 0 amide bonds. The van der Waals surface area contributed by atoms with Crippen LogP contribution < -0.4 is 15.7 Å². The monoisotopic (exact) mass is 282 g/mol. The molecule has 0 heterocycles. The maximum Gasteiger partial charge on any atom is 0.204 e. The van der Waals surface area contributed by atoms with E-state index >= 15 is 0 Å². The highest BCUT2D eigenvalue weighted by atomic mass is 19.1. The molecule has 6 heteroatoms. The van der Waals surface area contributed by atoms with Crippen LogP contribution in [0.15, 0.2) is 24.3 Å². The lowest BCUT2D eigenvalue weighted by atomic mass is 9.63. The number of benzene rings is 2. The predicted molar refractivity (Wildman–Crippen MR) is 70.4 cm³/mol. The van der Waals surface area contributed by atoms with Gasteiger partial charge in [0, 0.05) is 6.07 Å². The fraction of sp³-hybridized carbons (Fsp3) is 0.143. The number of halogens is 4. The number of aryl methyl sites for hydroxylation is 1. The zero-order valence-corrected chi connectivity index (χ0v) is 10.9. The van der Waals surface area contributed by atoms with Crippen LogP contribution in [0.3, 0.4) is 0 Å². The van der Waals surface area contributed by atoms with E-state index in [1.54, 1.807) is 0 Å². The number of rotatable bonds is 3. The van der Waals surface area contributed by atoms with Crippen molar-refractivity contribution in [3.63, 3.8) is 0 Å². The molecule has 2 aromatic carbocycles. The Hall–Kier alpha value is -1.98. The average Bonchev–Trinajstić information content (AvgIpc) is 2.40. The summed E-state index contributed by atoms with van der Waals surface area (Å²) in [5, 5.41) is 0. The Bertz CT molecular complexity index is 658. The largest absolute Gasteiger partial charge is 0.494 e. The Kier molecular flexibility index (Phi) is 4.02. The smallest absolute Gasteiger partial charge is 0.204 e. The van der Waals surface area contributed by atoms with E-state index in [-0.39, 0.29) is 29.5 Å². The third-order valence-electron chi connectivity index (χ3n) is 3.07. The quantitative estimate of drug-likeness (QED) is 0.617. The Labute approximate surface area is 114 Å². The Balaban J connectivity index is 2.47. The average molecular weight is 282 g/mol. The fourth-order valence-corrected chi connectivity index (χ4v) is 1.94. The molecule has 0 atom stereocenters. The van der Waals surface area contributed by atoms with Gasteiger partial charge < -0.3 is 4.74 Å². The second-order valence-electron chi connectivity index (χ2n) is 4.41. The van der Waals surface area contributed by atoms with Crippen LogP contribution in [0.4, 0.5) is 17.6 Å². The second kappa shape index (κ2) is 5.57. The van der Waals surface area contributed by atoms with Gasteiger partial charge >= 0.3 is 0 Å². The highest BCUT2D eigenvalue weighted by Gasteiger charge is 2.18. The van der Waals surface area contributed by atoms with Crippen molar-refractivity contribution in [1.29, 1.82) is 0 Å². The fourth-order valence-electron chi connectivity index (χ4n) is 1.94. The minimum Gasteiger partial charge on any atom is -0.494 e. The first kappa shape index (κ1) is 14.4. The number of hydrogen-bond donors (Lipinski definition) is 0. The molecular weight excluding hydrogens is 271 g/mol. The van der Waals surface area contributed by atoms with Crippen molar-refractivity contribution in [3.8, 4) is 5.75 Å². The topological polar surface area (TPSA) is 9.23 Å². The molecule has 0 bridgehead atoms. The van der Waals surface area contributed by atoms with Crippen LogP contribution in [-0.2, 0) is 0 Å². The van der Waals surface area contributed by atoms with Gasteiger partial charge in [-0.05, 0) is 35.5 Å². The molecule has 104 valence electrons. The normalized spacial score (nSPS) is 10.5. The molecule has 0 N–H and O–H groups in total. The third kappa shape index (κ3) is 2.64. The maximum absolute atomic E-state index is 14.0. The van der Waals surface area contributed by atoms with E-state index < -0.39 is 23.3 Å². The summed E-state index contributed by atoms with van der Waals surface area (Å²) in [6.07, 6.45) is 0. The van der Waals surface area contributed by atoms with E-state index in [4.69, 9.17) is 4.74 Å². The van der Waals surface area contributed by atoms with Crippen LogP contribution in [0.1, 0.15) is 5.56 Å². The maximum atomic E-state index is 14.0. The minimum absolute atomic E-state index is 0.0231. The first-order valence-electron chi connectivity index (χ1n) is 5.89. The summed E-state index contributed by atoms with van der Waals surface area (Å²) in [6.45, 7) is 1.45. The van der Waals surface area contributed by atoms with Gasteiger partial charge in [0.1, 0.15) is 17.5 Å². The summed E-state index contributed by atoms with van der Waals surface area (Å²) < 4.78 is 59.2. The molecule has 0 fully saturated rings. The summed E-state index contributed by atoms with van der Waals surface area (Å²) >= 11 is 0. The van der Waals surface area contributed by atoms with Gasteiger partial charge in [-0.1, -0.05) is 6.07 Å². The van der Waals surface area contributed by atoms with Gasteiger partial charge in [0.15, 0.2) is 11.6 Å². The lowest BCUT2D eigenvalue weighted by molar-refractivity contribution is 0.386. The van der Waals surface area contributed by atoms with Crippen molar-refractivity contribution in [1.82, 2.24) is 0 Å². The Morgan fingerprint density at radius 3 is 2.30 bits per heavy atom. The van der Waals surface area contributed by atoms with E-state index in [0.717, 1.165) is 12.1 Å². The van der Waals surface area contributed by atoms with Crippen LogP contribution in [-0.4, -0.2) is 14.4 Å². The van der Waals surface area contributed by atoms with Crippen molar-refractivity contribution < 1.29 is 22.3 Å². The zero-order chi connectivity index (χ0) is 14.9. The molecule has 0 saturated carbocycles. The van der Waals surface area contributed by atoms with E-state index in [2.05, 4.69) is 0 Å². The molecule has 20 heavy (non-hydrogen) atoms. The lowest BCUT2D eigenvalue weighted by Crippen LogP contribution is -2.34. The molecule has 0 unspecified atom stereocenters. The minimum atomic E-state index is -0.881. The summed E-state index contributed by atoms with van der Waals surface area (Å²) in [5.74, 6) is -3.34. The van der Waals surface area contributed by atoms with Crippen LogP contribution >= 0.6 is 0 Å². The van der Waals surface area contributed by atoms with Crippen molar-refractivity contribution in [3.05, 3.63) is 53.1 Å². The Morgan fingerprint density at radius 2 is 1.65 bits per heavy atom. The number of hydrogen-bond acceptors (Lipinski definition) is 1. The molecule has 2 aromatic rings. The first-order chi connectivity index (χ1) is 9.43. The molecule has 0 aliphatic rings. The van der Waals surface area contributed by atoms with E-state index in [9.17, 15) is 17.6 Å². The van der Waals surface area contributed by atoms with Gasteiger partial charge in [0.2, 0.25) is 7.28 Å². The van der Waals surface area contributed by atoms with Gasteiger partial charge in [0.25, 0.3) is 0 Å². The highest BCUT2D eigenvalue weighted by Crippen LogP contribution is 2.15. The van der Waals surface area contributed by atoms with Gasteiger partial charge in [-0.15, -0.1) is 0 Å². The summed E-state index contributed by atoms with van der Waals surface area (Å²) in [5.41, 5.74) is -0.0747. The van der Waals surface area contributed by atoms with Gasteiger partial charge in [-0.2, -0.15) is 0 Å². The van der Waals surface area contributed by atoms with Crippen LogP contribution in [0.2, 0.25) is 0 Å². The predicted octanol–water partition coefficient (Wildman–Crippen LogP) is 1.95. The summed E-state index contributed by atoms with van der Waals surface area (Å²) in [4.78, 5) is 0. The highest BCUT2D eigenvalue weighted by molar-refractivity contribution is 6.67. The first-order valence-corrected chi connectivity index (χ1v) is 5.89. The summed E-state index contributed by atoms with van der Waals surface area (Å²) in [7, 11) is 0.935. The third-order valence-corrected chi connectivity index (χ3v) is 3.07. The van der Waals surface area contributed by atoms with Crippen LogP contribution in [0.25, 0.3) is 0 Å². The molecule has 0 spiro atoms. The molecule has 0 radical (unpaired) electrons. The molecule has 0 saturated heterocycles. The molecular formula is C14H11BF4O. The molecule has 0 aliphatic heterocycles. The lowest BCUT2D eigenvalue weighted by Gasteiger charge is -2.09. The van der Waals surface area contributed by atoms with Gasteiger partial charge in [-0.25, -0.2) is 17.6 Å². The van der Waals surface area contributed by atoms with Crippen molar-refractivity contribution in [2.24, 2.45) is 0 Å². The molecule has 1 nitrogen and oxygen atoms in total.